The molecule has 7 nitrogen and oxygen atoms in total. The lowest BCUT2D eigenvalue weighted by molar-refractivity contribution is -0.142. The fraction of sp³-hybridized carbons (Fsp3) is 0.222. The van der Waals surface area contributed by atoms with Crippen LogP contribution in [0.3, 0.4) is 0 Å². The third-order valence-electron chi connectivity index (χ3n) is 3.52. The largest absolute Gasteiger partial charge is 0.467 e. The van der Waals surface area contributed by atoms with Crippen molar-refractivity contribution in [2.24, 2.45) is 0 Å². The monoisotopic (exact) mass is 376 g/mol. The molecule has 0 spiro atoms. The Labute approximate surface area is 152 Å². The summed E-state index contributed by atoms with van der Waals surface area (Å²) >= 11 is 0. The molecule has 2 rings (SSSR count). The van der Waals surface area contributed by atoms with Gasteiger partial charge in [0.25, 0.3) is 5.91 Å². The minimum absolute atomic E-state index is 0.297. The van der Waals surface area contributed by atoms with Gasteiger partial charge in [0.15, 0.2) is 0 Å². The Morgan fingerprint density at radius 3 is 2.19 bits per heavy atom. The number of methoxy groups -OCH3 is 1. The predicted octanol–water partition coefficient (Wildman–Crippen LogP) is 1.57. The number of carbonyl (C=O) groups is 2. The molecule has 0 fully saturated rings. The zero-order chi connectivity index (χ0) is 19.2. The van der Waals surface area contributed by atoms with Crippen LogP contribution in [0.25, 0.3) is 0 Å². The van der Waals surface area contributed by atoms with E-state index in [1.807, 2.05) is 30.3 Å². The average molecular weight is 376 g/mol. The van der Waals surface area contributed by atoms with Crippen LogP contribution in [0.15, 0.2) is 54.6 Å². The summed E-state index contributed by atoms with van der Waals surface area (Å²) in [5.41, 5.74) is 1.53. The smallest absolute Gasteiger partial charge is 0.328 e. The van der Waals surface area contributed by atoms with E-state index in [-0.39, 0.29) is 0 Å². The first-order valence-electron chi connectivity index (χ1n) is 7.79. The normalized spacial score (nSPS) is 12.1. The van der Waals surface area contributed by atoms with Crippen LogP contribution in [0, 0.1) is 0 Å². The fourth-order valence-electron chi connectivity index (χ4n) is 2.33. The summed E-state index contributed by atoms with van der Waals surface area (Å²) in [5.74, 6) is -1.00. The topological polar surface area (TPSA) is 102 Å². The van der Waals surface area contributed by atoms with Gasteiger partial charge in [-0.3, -0.25) is 9.52 Å². The highest BCUT2D eigenvalue weighted by atomic mass is 32.2. The minimum Gasteiger partial charge on any atom is -0.467 e. The van der Waals surface area contributed by atoms with Crippen molar-refractivity contribution in [3.05, 3.63) is 65.7 Å². The summed E-state index contributed by atoms with van der Waals surface area (Å²) in [6.07, 6.45) is 1.34. The van der Waals surface area contributed by atoms with Gasteiger partial charge in [0.1, 0.15) is 6.04 Å². The molecule has 0 bridgehead atoms. The van der Waals surface area contributed by atoms with Gasteiger partial charge in [-0.1, -0.05) is 30.3 Å². The molecule has 0 aromatic heterocycles. The summed E-state index contributed by atoms with van der Waals surface area (Å²) in [7, 11) is -2.13. The van der Waals surface area contributed by atoms with Gasteiger partial charge in [0.05, 0.1) is 13.4 Å². The Hall–Kier alpha value is -2.87. The first-order valence-corrected chi connectivity index (χ1v) is 9.68. The fourth-order valence-corrected chi connectivity index (χ4v) is 2.89. The summed E-state index contributed by atoms with van der Waals surface area (Å²) in [5, 5.41) is 2.65. The first kappa shape index (κ1) is 19.5. The molecular weight excluding hydrogens is 356 g/mol. The van der Waals surface area contributed by atoms with Crippen molar-refractivity contribution in [3.8, 4) is 0 Å². The zero-order valence-electron chi connectivity index (χ0n) is 14.4. The lowest BCUT2D eigenvalue weighted by atomic mass is 10.1. The number of sulfonamides is 1. The minimum atomic E-state index is -3.39. The van der Waals surface area contributed by atoms with E-state index in [2.05, 4.69) is 10.0 Å². The van der Waals surface area contributed by atoms with Crippen molar-refractivity contribution < 1.29 is 22.7 Å². The van der Waals surface area contributed by atoms with Crippen molar-refractivity contribution in [1.82, 2.24) is 5.32 Å². The van der Waals surface area contributed by atoms with Crippen molar-refractivity contribution in [1.29, 1.82) is 0 Å². The molecule has 0 saturated carbocycles. The Morgan fingerprint density at radius 2 is 1.65 bits per heavy atom. The zero-order valence-corrected chi connectivity index (χ0v) is 15.2. The number of benzene rings is 2. The molecule has 8 heteroatoms. The molecule has 0 unspecified atom stereocenters. The van der Waals surface area contributed by atoms with Crippen molar-refractivity contribution >= 4 is 27.6 Å². The number of hydrogen-bond acceptors (Lipinski definition) is 5. The van der Waals surface area contributed by atoms with Crippen molar-refractivity contribution in [2.75, 3.05) is 18.1 Å². The lowest BCUT2D eigenvalue weighted by Crippen LogP contribution is -2.43. The molecule has 2 aromatic carbocycles. The number of amides is 1. The van der Waals surface area contributed by atoms with E-state index in [9.17, 15) is 18.0 Å². The molecule has 1 atom stereocenters. The molecule has 0 saturated heterocycles. The summed E-state index contributed by atoms with van der Waals surface area (Å²) in [4.78, 5) is 24.4. The molecule has 2 N–H and O–H groups in total. The third kappa shape index (κ3) is 5.89. The first-order chi connectivity index (χ1) is 12.3. The van der Waals surface area contributed by atoms with E-state index >= 15 is 0 Å². The highest BCUT2D eigenvalue weighted by Gasteiger charge is 2.22. The van der Waals surface area contributed by atoms with E-state index in [1.54, 1.807) is 0 Å². The third-order valence-corrected chi connectivity index (χ3v) is 4.13. The average Bonchev–Trinajstić information content (AvgIpc) is 2.60. The number of rotatable bonds is 7. The summed E-state index contributed by atoms with van der Waals surface area (Å²) < 4.78 is 29.5. The van der Waals surface area contributed by atoms with Crippen LogP contribution in [0.1, 0.15) is 15.9 Å². The quantitative estimate of drug-likeness (QED) is 0.714. The Balaban J connectivity index is 2.10. The second-order valence-corrected chi connectivity index (χ2v) is 7.44. The number of nitrogens with one attached hydrogen (secondary N) is 2. The summed E-state index contributed by atoms with van der Waals surface area (Å²) in [6, 6.07) is 14.3. The van der Waals surface area contributed by atoms with Crippen LogP contribution in [-0.2, 0) is 26.0 Å². The molecule has 26 heavy (non-hydrogen) atoms. The molecule has 138 valence electrons. The highest BCUT2D eigenvalue weighted by molar-refractivity contribution is 7.92. The van der Waals surface area contributed by atoms with Crippen LogP contribution < -0.4 is 10.0 Å². The Kier molecular flexibility index (Phi) is 6.35. The number of anilines is 1. The second kappa shape index (κ2) is 8.48. The SMILES string of the molecule is COC(=O)[C@H](Cc1ccccc1)NC(=O)c1ccc(NS(C)(=O)=O)cc1. The van der Waals surface area contributed by atoms with Crippen molar-refractivity contribution in [3.63, 3.8) is 0 Å². The van der Waals surface area contributed by atoms with E-state index < -0.39 is 27.9 Å². The van der Waals surface area contributed by atoms with Gasteiger partial charge < -0.3 is 10.1 Å². The maximum atomic E-state index is 12.4. The molecule has 0 aliphatic heterocycles. The predicted molar refractivity (Wildman–Crippen MR) is 98.3 cm³/mol. The van der Waals surface area contributed by atoms with E-state index in [4.69, 9.17) is 4.74 Å². The van der Waals surface area contributed by atoms with Crippen LogP contribution >= 0.6 is 0 Å². The maximum Gasteiger partial charge on any atom is 0.328 e. The molecule has 2 aromatic rings. The van der Waals surface area contributed by atoms with Crippen molar-refractivity contribution in [2.45, 2.75) is 12.5 Å². The van der Waals surface area contributed by atoms with Gasteiger partial charge in [0.2, 0.25) is 10.0 Å². The van der Waals surface area contributed by atoms with Crippen LogP contribution in [0.5, 0.6) is 0 Å². The summed E-state index contributed by atoms with van der Waals surface area (Å²) in [6.45, 7) is 0. The standard InChI is InChI=1S/C18H20N2O5S/c1-25-18(22)16(12-13-6-4-3-5-7-13)19-17(21)14-8-10-15(11-9-14)20-26(2,23)24/h3-11,16,20H,12H2,1-2H3,(H,19,21)/t16-/m0/s1. The second-order valence-electron chi connectivity index (χ2n) is 5.69. The van der Waals surface area contributed by atoms with Crippen LogP contribution in [0.2, 0.25) is 0 Å². The van der Waals surface area contributed by atoms with E-state index in [0.29, 0.717) is 17.7 Å². The van der Waals surface area contributed by atoms with Gasteiger partial charge >= 0.3 is 5.97 Å². The Bertz CT molecular complexity index is 864. The Morgan fingerprint density at radius 1 is 1.04 bits per heavy atom. The van der Waals surface area contributed by atoms with Gasteiger partial charge in [-0.25, -0.2) is 13.2 Å². The maximum absolute atomic E-state index is 12.4. The number of hydrogen-bond donors (Lipinski definition) is 2. The van der Waals surface area contributed by atoms with E-state index in [1.165, 1.54) is 31.4 Å². The number of carbonyl (C=O) groups excluding carboxylic acids is 2. The molecular formula is C18H20N2O5S. The molecule has 0 aliphatic rings. The molecule has 0 heterocycles. The molecule has 0 aliphatic carbocycles. The van der Waals surface area contributed by atoms with Gasteiger partial charge in [-0.2, -0.15) is 0 Å². The number of esters is 1. The van der Waals surface area contributed by atoms with Gasteiger partial charge in [-0.05, 0) is 29.8 Å². The van der Waals surface area contributed by atoms with Gasteiger partial charge in [-0.15, -0.1) is 0 Å². The van der Waals surface area contributed by atoms with Crippen LogP contribution in [0.4, 0.5) is 5.69 Å². The highest BCUT2D eigenvalue weighted by Crippen LogP contribution is 2.12. The lowest BCUT2D eigenvalue weighted by Gasteiger charge is -2.17. The molecule has 1 amide bonds. The molecule has 0 radical (unpaired) electrons. The number of ether oxygens (including phenoxy) is 1. The van der Waals surface area contributed by atoms with Gasteiger partial charge in [0, 0.05) is 17.7 Å². The van der Waals surface area contributed by atoms with E-state index in [0.717, 1.165) is 11.8 Å². The van der Waals surface area contributed by atoms with Crippen LogP contribution in [-0.4, -0.2) is 39.7 Å².